The fourth-order valence-electron chi connectivity index (χ4n) is 4.07. The number of benzene rings is 1. The van der Waals surface area contributed by atoms with Gasteiger partial charge in [0.15, 0.2) is 5.76 Å². The molecule has 3 aromatic rings. The van der Waals surface area contributed by atoms with Crippen molar-refractivity contribution in [1.29, 1.82) is 0 Å². The predicted octanol–water partition coefficient (Wildman–Crippen LogP) is 2.74. The van der Waals surface area contributed by atoms with Crippen LogP contribution in [0.3, 0.4) is 0 Å². The Morgan fingerprint density at radius 1 is 1.12 bits per heavy atom. The number of rotatable bonds is 6. The SMILES string of the molecule is Cc1noc(C)c1S(=O)(=O)N1CCN(C(=O)CSc2nc(C3CC3)nc3ccccc23)CC1. The molecule has 0 radical (unpaired) electrons. The Kier molecular flexibility index (Phi) is 5.87. The van der Waals surface area contributed by atoms with Gasteiger partial charge in [-0.25, -0.2) is 18.4 Å². The fraction of sp³-hybridized carbons (Fsp3) is 0.455. The van der Waals surface area contributed by atoms with E-state index in [1.807, 2.05) is 24.3 Å². The highest BCUT2D eigenvalue weighted by atomic mass is 32.2. The van der Waals surface area contributed by atoms with Crippen molar-refractivity contribution in [3.8, 4) is 0 Å². The van der Waals surface area contributed by atoms with Crippen LogP contribution < -0.4 is 0 Å². The highest BCUT2D eigenvalue weighted by Gasteiger charge is 2.34. The lowest BCUT2D eigenvalue weighted by molar-refractivity contribution is -0.129. The molecule has 2 aliphatic rings. The van der Waals surface area contributed by atoms with Crippen LogP contribution in [0.25, 0.3) is 10.9 Å². The van der Waals surface area contributed by atoms with Crippen molar-refractivity contribution in [3.05, 3.63) is 41.5 Å². The van der Waals surface area contributed by atoms with Gasteiger partial charge in [0.1, 0.15) is 21.4 Å². The first-order valence-electron chi connectivity index (χ1n) is 10.9. The van der Waals surface area contributed by atoms with E-state index in [0.717, 1.165) is 34.6 Å². The monoisotopic (exact) mass is 487 g/mol. The van der Waals surface area contributed by atoms with Crippen LogP contribution in [0.1, 0.15) is 36.0 Å². The molecule has 9 nitrogen and oxygen atoms in total. The molecule has 0 N–H and O–H groups in total. The van der Waals surface area contributed by atoms with Gasteiger partial charge in [-0.05, 0) is 32.8 Å². The Balaban J connectivity index is 1.24. The van der Waals surface area contributed by atoms with E-state index in [1.165, 1.54) is 16.1 Å². The van der Waals surface area contributed by atoms with Crippen LogP contribution in [-0.4, -0.2) is 70.6 Å². The summed E-state index contributed by atoms with van der Waals surface area (Å²) < 4.78 is 32.4. The lowest BCUT2D eigenvalue weighted by Gasteiger charge is -2.33. The summed E-state index contributed by atoms with van der Waals surface area (Å²) in [4.78, 5) is 24.2. The highest BCUT2D eigenvalue weighted by molar-refractivity contribution is 8.00. The molecule has 0 unspecified atom stereocenters. The molecule has 1 amide bonds. The topological polar surface area (TPSA) is 110 Å². The number of hydrogen-bond donors (Lipinski definition) is 0. The molecule has 1 saturated carbocycles. The number of nitrogens with zero attached hydrogens (tertiary/aromatic N) is 5. The number of amides is 1. The number of thioether (sulfide) groups is 1. The summed E-state index contributed by atoms with van der Waals surface area (Å²) in [5.74, 6) is 1.80. The average molecular weight is 488 g/mol. The van der Waals surface area contributed by atoms with Crippen molar-refractivity contribution in [3.63, 3.8) is 0 Å². The van der Waals surface area contributed by atoms with E-state index in [0.29, 0.717) is 24.7 Å². The molecule has 1 aliphatic carbocycles. The molecule has 33 heavy (non-hydrogen) atoms. The Labute approximate surface area is 196 Å². The average Bonchev–Trinajstić information content (AvgIpc) is 3.61. The minimum Gasteiger partial charge on any atom is -0.360 e. The minimum absolute atomic E-state index is 0.0231. The zero-order valence-corrected chi connectivity index (χ0v) is 20.2. The third kappa shape index (κ3) is 4.36. The van der Waals surface area contributed by atoms with E-state index in [1.54, 1.807) is 18.7 Å². The van der Waals surface area contributed by atoms with Crippen molar-refractivity contribution < 1.29 is 17.7 Å². The Morgan fingerprint density at radius 2 is 1.85 bits per heavy atom. The molecule has 174 valence electrons. The van der Waals surface area contributed by atoms with Crippen LogP contribution in [0.5, 0.6) is 0 Å². The van der Waals surface area contributed by atoms with Gasteiger partial charge in [0.2, 0.25) is 15.9 Å². The lowest BCUT2D eigenvalue weighted by atomic mass is 10.2. The van der Waals surface area contributed by atoms with Gasteiger partial charge in [-0.15, -0.1) is 0 Å². The maximum Gasteiger partial charge on any atom is 0.248 e. The zero-order chi connectivity index (χ0) is 23.2. The van der Waals surface area contributed by atoms with E-state index in [-0.39, 0.29) is 35.4 Å². The number of fused-ring (bicyclic) bond motifs is 1. The van der Waals surface area contributed by atoms with Crippen LogP contribution >= 0.6 is 11.8 Å². The Hall–Kier alpha value is -2.50. The molecule has 5 rings (SSSR count). The van der Waals surface area contributed by atoms with E-state index in [2.05, 4.69) is 10.1 Å². The van der Waals surface area contributed by atoms with Crippen LogP contribution in [0.4, 0.5) is 0 Å². The number of piperazine rings is 1. The van der Waals surface area contributed by atoms with Gasteiger partial charge in [0, 0.05) is 37.5 Å². The lowest BCUT2D eigenvalue weighted by Crippen LogP contribution is -2.51. The molecule has 0 spiro atoms. The number of hydrogen-bond acceptors (Lipinski definition) is 8. The van der Waals surface area contributed by atoms with Crippen LogP contribution in [0, 0.1) is 13.8 Å². The molecule has 11 heteroatoms. The molecular weight excluding hydrogens is 462 g/mol. The standard InChI is InChI=1S/C22H25N5O4S2/c1-14-20(15(2)31-25-14)33(29,30)27-11-9-26(10-12-27)19(28)13-32-22-17-5-3-4-6-18(17)23-21(24-22)16-7-8-16/h3-6,16H,7-13H2,1-2H3. The first kappa shape index (κ1) is 22.3. The van der Waals surface area contributed by atoms with Gasteiger partial charge in [0.25, 0.3) is 0 Å². The number of aromatic nitrogens is 3. The third-order valence-corrected chi connectivity index (χ3v) is 9.14. The van der Waals surface area contributed by atoms with Crippen molar-refractivity contribution in [2.45, 2.75) is 42.5 Å². The summed E-state index contributed by atoms with van der Waals surface area (Å²) in [6.07, 6.45) is 2.23. The number of aryl methyl sites for hydroxylation is 2. The normalized spacial score (nSPS) is 17.6. The predicted molar refractivity (Wildman–Crippen MR) is 124 cm³/mol. The third-order valence-electron chi connectivity index (χ3n) is 6.02. The Morgan fingerprint density at radius 3 is 2.52 bits per heavy atom. The highest BCUT2D eigenvalue weighted by Crippen LogP contribution is 2.39. The van der Waals surface area contributed by atoms with Crippen LogP contribution in [0.2, 0.25) is 0 Å². The summed E-state index contributed by atoms with van der Waals surface area (Å²) in [6, 6.07) is 7.87. The number of sulfonamides is 1. The number of para-hydroxylation sites is 1. The van der Waals surface area contributed by atoms with Crippen molar-refractivity contribution in [1.82, 2.24) is 24.3 Å². The second-order valence-electron chi connectivity index (χ2n) is 8.41. The molecule has 2 fully saturated rings. The van der Waals surface area contributed by atoms with E-state index >= 15 is 0 Å². The van der Waals surface area contributed by atoms with Gasteiger partial charge in [0.05, 0.1) is 11.3 Å². The van der Waals surface area contributed by atoms with E-state index < -0.39 is 10.0 Å². The molecule has 0 atom stereocenters. The van der Waals surface area contributed by atoms with E-state index in [9.17, 15) is 13.2 Å². The second-order valence-corrected chi connectivity index (χ2v) is 11.2. The summed E-state index contributed by atoms with van der Waals surface area (Å²) in [6.45, 7) is 4.39. The number of carbonyl (C=O) groups is 1. The van der Waals surface area contributed by atoms with Crippen molar-refractivity contribution >= 4 is 38.6 Å². The second kappa shape index (κ2) is 8.69. The van der Waals surface area contributed by atoms with E-state index in [4.69, 9.17) is 9.51 Å². The molecule has 1 saturated heterocycles. The summed E-state index contributed by atoms with van der Waals surface area (Å²) in [5, 5.41) is 5.54. The fourth-order valence-corrected chi connectivity index (χ4v) is 6.71. The molecule has 0 bridgehead atoms. The van der Waals surface area contributed by atoms with Crippen LogP contribution in [-0.2, 0) is 14.8 Å². The van der Waals surface area contributed by atoms with Gasteiger partial charge < -0.3 is 9.42 Å². The zero-order valence-electron chi connectivity index (χ0n) is 18.5. The van der Waals surface area contributed by atoms with Gasteiger partial charge >= 0.3 is 0 Å². The molecule has 3 heterocycles. The Bertz CT molecular complexity index is 1290. The first-order valence-corrected chi connectivity index (χ1v) is 13.4. The summed E-state index contributed by atoms with van der Waals surface area (Å²) in [7, 11) is -3.70. The number of carbonyl (C=O) groups excluding carboxylic acids is 1. The van der Waals surface area contributed by atoms with Gasteiger partial charge in [-0.3, -0.25) is 4.79 Å². The summed E-state index contributed by atoms with van der Waals surface area (Å²) >= 11 is 1.42. The molecule has 1 aliphatic heterocycles. The largest absolute Gasteiger partial charge is 0.360 e. The van der Waals surface area contributed by atoms with Crippen molar-refractivity contribution in [2.24, 2.45) is 0 Å². The molecule has 2 aromatic heterocycles. The van der Waals surface area contributed by atoms with Gasteiger partial charge in [-0.1, -0.05) is 35.1 Å². The smallest absolute Gasteiger partial charge is 0.248 e. The minimum atomic E-state index is -3.70. The maximum absolute atomic E-state index is 13.0. The summed E-state index contributed by atoms with van der Waals surface area (Å²) in [5.41, 5.74) is 1.26. The van der Waals surface area contributed by atoms with Gasteiger partial charge in [-0.2, -0.15) is 4.31 Å². The molecule has 1 aromatic carbocycles. The molecular formula is C22H25N5O4S2. The quantitative estimate of drug-likeness (QED) is 0.386. The van der Waals surface area contributed by atoms with Crippen molar-refractivity contribution in [2.75, 3.05) is 31.9 Å². The van der Waals surface area contributed by atoms with Crippen LogP contribution in [0.15, 0.2) is 38.7 Å². The maximum atomic E-state index is 13.0. The first-order chi connectivity index (χ1) is 15.8.